The molecule has 0 fully saturated rings. The summed E-state index contributed by atoms with van der Waals surface area (Å²) in [4.78, 5) is 24.6. The molecule has 0 aromatic heterocycles. The van der Waals surface area contributed by atoms with E-state index in [9.17, 15) is 18.4 Å². The number of para-hydroxylation sites is 1. The molecule has 0 bridgehead atoms. The number of hydrogen-bond acceptors (Lipinski definition) is 5. The Morgan fingerprint density at radius 3 is 2.76 bits per heavy atom. The van der Waals surface area contributed by atoms with E-state index in [0.29, 0.717) is 17.7 Å². The Kier molecular flexibility index (Phi) is 6.61. The Morgan fingerprint density at radius 1 is 1.17 bits per heavy atom. The zero-order valence-corrected chi connectivity index (χ0v) is 15.7. The second-order valence-electron chi connectivity index (χ2n) is 6.27. The van der Waals surface area contributed by atoms with Crippen LogP contribution in [0.3, 0.4) is 0 Å². The summed E-state index contributed by atoms with van der Waals surface area (Å²) in [7, 11) is 1.50. The monoisotopic (exact) mass is 406 g/mol. The quantitative estimate of drug-likeness (QED) is 0.718. The van der Waals surface area contributed by atoms with Gasteiger partial charge in [-0.05, 0) is 18.2 Å². The van der Waals surface area contributed by atoms with Crippen LogP contribution in [-0.2, 0) is 9.47 Å². The maximum Gasteiger partial charge on any atom is 0.407 e. The summed E-state index contributed by atoms with van der Waals surface area (Å²) in [5.41, 5.74) is 0.947. The van der Waals surface area contributed by atoms with Gasteiger partial charge in [0.05, 0.1) is 24.8 Å². The first-order valence-corrected chi connectivity index (χ1v) is 8.94. The molecule has 29 heavy (non-hydrogen) atoms. The molecular formula is C20H20F2N2O5. The van der Waals surface area contributed by atoms with Crippen molar-refractivity contribution >= 4 is 17.7 Å². The minimum Gasteiger partial charge on any atom is -0.492 e. The number of rotatable bonds is 6. The molecular weight excluding hydrogens is 386 g/mol. The number of methoxy groups -OCH3 is 1. The molecule has 1 aliphatic heterocycles. The average Bonchev–Trinajstić information content (AvgIpc) is 2.71. The molecule has 0 aliphatic carbocycles. The lowest BCUT2D eigenvalue weighted by molar-refractivity contribution is 0.0947. The van der Waals surface area contributed by atoms with Crippen LogP contribution in [0.2, 0.25) is 0 Å². The highest BCUT2D eigenvalue weighted by atomic mass is 19.2. The van der Waals surface area contributed by atoms with Gasteiger partial charge in [-0.25, -0.2) is 13.6 Å². The predicted octanol–water partition coefficient (Wildman–Crippen LogP) is 3.41. The first-order chi connectivity index (χ1) is 14.0. The van der Waals surface area contributed by atoms with Gasteiger partial charge in [0.15, 0.2) is 11.6 Å². The standard InChI is InChI=1S/C20H20F2N2O5/c1-27-9-10-29-20(26)24-17-7-8-28-18-13(17)3-2-4-14(18)19(25)23-12-5-6-15(21)16(22)11-12/h2-6,11,17H,7-10H2,1H3,(H,23,25)(H,24,26)/t17-/m0/s1. The summed E-state index contributed by atoms with van der Waals surface area (Å²) >= 11 is 0. The van der Waals surface area contributed by atoms with Crippen LogP contribution in [0.25, 0.3) is 0 Å². The molecule has 7 nitrogen and oxygen atoms in total. The van der Waals surface area contributed by atoms with E-state index in [1.54, 1.807) is 18.2 Å². The molecule has 0 unspecified atom stereocenters. The first-order valence-electron chi connectivity index (χ1n) is 8.94. The molecule has 0 saturated carbocycles. The predicted molar refractivity (Wildman–Crippen MR) is 100.0 cm³/mol. The van der Waals surface area contributed by atoms with Crippen LogP contribution in [0.4, 0.5) is 19.3 Å². The molecule has 2 aromatic rings. The third-order valence-corrected chi connectivity index (χ3v) is 4.31. The maximum atomic E-state index is 13.4. The lowest BCUT2D eigenvalue weighted by Gasteiger charge is -2.27. The van der Waals surface area contributed by atoms with Crippen LogP contribution in [-0.4, -0.2) is 38.9 Å². The van der Waals surface area contributed by atoms with Crippen molar-refractivity contribution < 1.29 is 32.6 Å². The molecule has 0 saturated heterocycles. The lowest BCUT2D eigenvalue weighted by Crippen LogP contribution is -2.33. The van der Waals surface area contributed by atoms with Crippen molar-refractivity contribution in [2.45, 2.75) is 12.5 Å². The summed E-state index contributed by atoms with van der Waals surface area (Å²) in [6.07, 6.45) is -0.0998. The largest absolute Gasteiger partial charge is 0.492 e. The Morgan fingerprint density at radius 2 is 2.00 bits per heavy atom. The molecule has 154 valence electrons. The Bertz CT molecular complexity index is 906. The van der Waals surface area contributed by atoms with Crippen LogP contribution in [0.15, 0.2) is 36.4 Å². The van der Waals surface area contributed by atoms with Gasteiger partial charge in [0, 0.05) is 30.8 Å². The molecule has 2 aromatic carbocycles. The van der Waals surface area contributed by atoms with Gasteiger partial charge in [-0.3, -0.25) is 4.79 Å². The molecule has 3 rings (SSSR count). The SMILES string of the molecule is COCCOC(=O)N[C@H]1CCOc2c(C(=O)Nc3ccc(F)c(F)c3)cccc21. The fourth-order valence-electron chi connectivity index (χ4n) is 2.93. The minimum atomic E-state index is -1.06. The zero-order chi connectivity index (χ0) is 20.8. The van der Waals surface area contributed by atoms with Crippen molar-refractivity contribution in [3.8, 4) is 5.75 Å². The molecule has 2 N–H and O–H groups in total. The number of hydrogen-bond donors (Lipinski definition) is 2. The van der Waals surface area contributed by atoms with Gasteiger partial charge < -0.3 is 24.8 Å². The first kappa shape index (κ1) is 20.5. The van der Waals surface area contributed by atoms with Gasteiger partial charge in [0.25, 0.3) is 5.91 Å². The highest BCUT2D eigenvalue weighted by molar-refractivity contribution is 6.06. The van der Waals surface area contributed by atoms with Crippen molar-refractivity contribution in [3.05, 3.63) is 59.2 Å². The van der Waals surface area contributed by atoms with Gasteiger partial charge in [0.1, 0.15) is 12.4 Å². The second kappa shape index (κ2) is 9.33. The number of amides is 2. The lowest BCUT2D eigenvalue weighted by atomic mass is 9.97. The molecule has 1 heterocycles. The summed E-state index contributed by atoms with van der Waals surface area (Å²) in [6.45, 7) is 0.687. The van der Waals surface area contributed by atoms with Crippen LogP contribution in [0.5, 0.6) is 5.75 Å². The van der Waals surface area contributed by atoms with E-state index in [2.05, 4.69) is 10.6 Å². The number of anilines is 1. The Balaban J connectivity index is 1.75. The molecule has 1 atom stereocenters. The Hall–Kier alpha value is -3.20. The van der Waals surface area contributed by atoms with Crippen molar-refractivity contribution in [3.63, 3.8) is 0 Å². The van der Waals surface area contributed by atoms with E-state index in [4.69, 9.17) is 14.2 Å². The van der Waals surface area contributed by atoms with Crippen molar-refractivity contribution in [2.24, 2.45) is 0 Å². The highest BCUT2D eigenvalue weighted by Crippen LogP contribution is 2.35. The number of fused-ring (bicyclic) bond motifs is 1. The van der Waals surface area contributed by atoms with Crippen molar-refractivity contribution in [1.29, 1.82) is 0 Å². The fraction of sp³-hybridized carbons (Fsp3) is 0.300. The number of carbonyl (C=O) groups excluding carboxylic acids is 2. The molecule has 0 radical (unpaired) electrons. The van der Waals surface area contributed by atoms with Crippen LogP contribution in [0.1, 0.15) is 28.4 Å². The summed E-state index contributed by atoms with van der Waals surface area (Å²) in [6, 6.07) is 7.62. The molecule has 0 spiro atoms. The van der Waals surface area contributed by atoms with Gasteiger partial charge in [0.2, 0.25) is 0 Å². The van der Waals surface area contributed by atoms with Crippen LogP contribution >= 0.6 is 0 Å². The third-order valence-electron chi connectivity index (χ3n) is 4.31. The molecule has 2 amide bonds. The van der Waals surface area contributed by atoms with E-state index in [1.807, 2.05) is 0 Å². The van der Waals surface area contributed by atoms with Gasteiger partial charge in [-0.2, -0.15) is 0 Å². The third kappa shape index (κ3) is 5.00. The summed E-state index contributed by atoms with van der Waals surface area (Å²) in [5.74, 6) is -2.29. The molecule has 1 aliphatic rings. The van der Waals surface area contributed by atoms with E-state index >= 15 is 0 Å². The van der Waals surface area contributed by atoms with E-state index < -0.39 is 29.7 Å². The number of benzene rings is 2. The van der Waals surface area contributed by atoms with Gasteiger partial charge in [-0.1, -0.05) is 12.1 Å². The van der Waals surface area contributed by atoms with Crippen LogP contribution in [0, 0.1) is 11.6 Å². The topological polar surface area (TPSA) is 85.9 Å². The van der Waals surface area contributed by atoms with Crippen LogP contribution < -0.4 is 15.4 Å². The van der Waals surface area contributed by atoms with E-state index in [0.717, 1.165) is 12.1 Å². The summed E-state index contributed by atoms with van der Waals surface area (Å²) < 4.78 is 42.0. The highest BCUT2D eigenvalue weighted by Gasteiger charge is 2.27. The average molecular weight is 406 g/mol. The smallest absolute Gasteiger partial charge is 0.407 e. The summed E-state index contributed by atoms with van der Waals surface area (Å²) in [5, 5.41) is 5.26. The number of carbonyl (C=O) groups is 2. The Labute approximate surface area is 165 Å². The number of nitrogens with one attached hydrogen (secondary N) is 2. The van der Waals surface area contributed by atoms with Crippen molar-refractivity contribution in [1.82, 2.24) is 5.32 Å². The van der Waals surface area contributed by atoms with Gasteiger partial charge in [-0.15, -0.1) is 0 Å². The maximum absolute atomic E-state index is 13.4. The van der Waals surface area contributed by atoms with E-state index in [-0.39, 0.29) is 31.1 Å². The number of halogens is 2. The van der Waals surface area contributed by atoms with E-state index in [1.165, 1.54) is 13.2 Å². The molecule has 9 heteroatoms. The minimum absolute atomic E-state index is 0.110. The van der Waals surface area contributed by atoms with Gasteiger partial charge >= 0.3 is 6.09 Å². The second-order valence-corrected chi connectivity index (χ2v) is 6.27. The normalized spacial score (nSPS) is 15.1. The fourth-order valence-corrected chi connectivity index (χ4v) is 2.93. The number of ether oxygens (including phenoxy) is 3. The van der Waals surface area contributed by atoms with Crippen molar-refractivity contribution in [2.75, 3.05) is 32.2 Å². The zero-order valence-electron chi connectivity index (χ0n) is 15.7. The number of alkyl carbamates (subject to hydrolysis) is 1.